The van der Waals surface area contributed by atoms with Gasteiger partial charge in [-0.25, -0.2) is 9.78 Å². The van der Waals surface area contributed by atoms with Crippen LogP contribution in [-0.2, 0) is 9.53 Å². The van der Waals surface area contributed by atoms with E-state index in [9.17, 15) is 9.59 Å². The highest BCUT2D eigenvalue weighted by molar-refractivity contribution is 7.19. The second-order valence-corrected chi connectivity index (χ2v) is 7.36. The normalized spacial score (nSPS) is 12.0. The number of carbonyl (C=O) groups excluding carboxylic acids is 2. The van der Waals surface area contributed by atoms with Crippen molar-refractivity contribution in [3.63, 3.8) is 0 Å². The molecule has 27 heavy (non-hydrogen) atoms. The minimum atomic E-state index is -0.531. The Balaban J connectivity index is 1.92. The van der Waals surface area contributed by atoms with E-state index in [1.165, 1.54) is 18.4 Å². The zero-order valence-electron chi connectivity index (χ0n) is 15.4. The van der Waals surface area contributed by atoms with E-state index < -0.39 is 5.97 Å². The average molecular weight is 383 g/mol. The summed E-state index contributed by atoms with van der Waals surface area (Å²) in [7, 11) is 1.32. The van der Waals surface area contributed by atoms with Crippen LogP contribution in [0.1, 0.15) is 30.4 Å². The van der Waals surface area contributed by atoms with Gasteiger partial charge in [-0.2, -0.15) is 0 Å². The van der Waals surface area contributed by atoms with Crippen LogP contribution in [0.4, 0.5) is 5.13 Å². The number of rotatable bonds is 6. The molecule has 0 aliphatic heterocycles. The molecule has 2 heterocycles. The molecule has 0 radical (unpaired) electrons. The number of hydrogen-bond acceptors (Lipinski definition) is 5. The maximum atomic E-state index is 12.9. The maximum Gasteiger partial charge on any atom is 0.358 e. The lowest BCUT2D eigenvalue weighted by Crippen LogP contribution is -2.29. The molecule has 3 aromatic rings. The van der Waals surface area contributed by atoms with Crippen LogP contribution in [0, 0.1) is 5.92 Å². The lowest BCUT2D eigenvalue weighted by atomic mass is 10.0. The van der Waals surface area contributed by atoms with Crippen LogP contribution in [-0.4, -0.2) is 28.5 Å². The van der Waals surface area contributed by atoms with E-state index in [0.717, 1.165) is 5.56 Å². The molecule has 0 saturated carbocycles. The molecule has 0 fully saturated rings. The number of methoxy groups -OCH3 is 1. The Morgan fingerprint density at radius 3 is 2.37 bits per heavy atom. The van der Waals surface area contributed by atoms with Gasteiger partial charge >= 0.3 is 5.97 Å². The van der Waals surface area contributed by atoms with Gasteiger partial charge in [-0.3, -0.25) is 4.79 Å². The number of anilines is 1. The van der Waals surface area contributed by atoms with Crippen molar-refractivity contribution < 1.29 is 14.3 Å². The van der Waals surface area contributed by atoms with Crippen molar-refractivity contribution in [2.24, 2.45) is 5.92 Å². The highest BCUT2D eigenvalue weighted by Crippen LogP contribution is 2.34. The van der Waals surface area contributed by atoms with E-state index in [4.69, 9.17) is 4.74 Å². The molecule has 6 nitrogen and oxygen atoms in total. The first-order valence-corrected chi connectivity index (χ1v) is 9.40. The van der Waals surface area contributed by atoms with Gasteiger partial charge in [0.1, 0.15) is 6.04 Å². The van der Waals surface area contributed by atoms with Crippen molar-refractivity contribution >= 4 is 28.3 Å². The third-order valence-corrected chi connectivity index (χ3v) is 5.14. The number of hydrogen-bond donors (Lipinski definition) is 1. The molecule has 3 rings (SSSR count). The average Bonchev–Trinajstić information content (AvgIpc) is 3.32. The van der Waals surface area contributed by atoms with Crippen molar-refractivity contribution in [2.45, 2.75) is 19.9 Å². The highest BCUT2D eigenvalue weighted by atomic mass is 32.1. The first kappa shape index (κ1) is 18.8. The summed E-state index contributed by atoms with van der Waals surface area (Å²) in [6.45, 7) is 3.97. The highest BCUT2D eigenvalue weighted by Gasteiger charge is 2.26. The van der Waals surface area contributed by atoms with Crippen molar-refractivity contribution in [1.82, 2.24) is 9.55 Å². The summed E-state index contributed by atoms with van der Waals surface area (Å²) in [5, 5.41) is 3.23. The Labute approximate surface area is 161 Å². The van der Waals surface area contributed by atoms with Crippen LogP contribution in [0.2, 0.25) is 0 Å². The van der Waals surface area contributed by atoms with Crippen LogP contribution in [0.25, 0.3) is 10.4 Å². The SMILES string of the molecule is COC(=O)c1nc(NC(=O)C(C(C)C)n2cccc2)sc1-c1ccccc1. The quantitative estimate of drug-likeness (QED) is 0.647. The first-order chi connectivity index (χ1) is 13.0. The summed E-state index contributed by atoms with van der Waals surface area (Å²) < 4.78 is 6.72. The van der Waals surface area contributed by atoms with Gasteiger partial charge in [0.05, 0.1) is 12.0 Å². The van der Waals surface area contributed by atoms with Gasteiger partial charge in [0.2, 0.25) is 5.91 Å². The molecule has 140 valence electrons. The van der Waals surface area contributed by atoms with Gasteiger partial charge in [0.15, 0.2) is 10.8 Å². The van der Waals surface area contributed by atoms with Crippen LogP contribution in [0.5, 0.6) is 0 Å². The molecule has 1 N–H and O–H groups in total. The van der Waals surface area contributed by atoms with Crippen molar-refractivity contribution in [3.8, 4) is 10.4 Å². The monoisotopic (exact) mass is 383 g/mol. The number of thiazole rings is 1. The minimum Gasteiger partial charge on any atom is -0.464 e. The Morgan fingerprint density at radius 2 is 1.78 bits per heavy atom. The summed E-state index contributed by atoms with van der Waals surface area (Å²) in [5.41, 5.74) is 1.05. The Bertz CT molecular complexity index is 917. The fraction of sp³-hybridized carbons (Fsp3) is 0.250. The van der Waals surface area contributed by atoms with Crippen molar-refractivity contribution in [3.05, 3.63) is 60.6 Å². The fourth-order valence-electron chi connectivity index (χ4n) is 2.89. The predicted octanol–water partition coefficient (Wildman–Crippen LogP) is 4.23. The third-order valence-electron chi connectivity index (χ3n) is 4.12. The fourth-order valence-corrected chi connectivity index (χ4v) is 3.85. The smallest absolute Gasteiger partial charge is 0.358 e. The number of benzene rings is 1. The minimum absolute atomic E-state index is 0.0889. The molecule has 0 spiro atoms. The molecular weight excluding hydrogens is 362 g/mol. The molecule has 0 saturated heterocycles. The lowest BCUT2D eigenvalue weighted by molar-refractivity contribution is -0.120. The zero-order chi connectivity index (χ0) is 19.4. The molecule has 0 bridgehead atoms. The number of amides is 1. The Kier molecular flexibility index (Phi) is 5.71. The lowest BCUT2D eigenvalue weighted by Gasteiger charge is -2.21. The molecule has 1 atom stereocenters. The van der Waals surface area contributed by atoms with Gasteiger partial charge in [0.25, 0.3) is 0 Å². The van der Waals surface area contributed by atoms with E-state index in [1.54, 1.807) is 0 Å². The van der Waals surface area contributed by atoms with E-state index in [1.807, 2.05) is 73.3 Å². The molecule has 1 unspecified atom stereocenters. The van der Waals surface area contributed by atoms with Gasteiger partial charge in [0, 0.05) is 12.4 Å². The maximum absolute atomic E-state index is 12.9. The first-order valence-electron chi connectivity index (χ1n) is 8.59. The molecule has 1 amide bonds. The predicted molar refractivity (Wildman–Crippen MR) is 106 cm³/mol. The second-order valence-electron chi connectivity index (χ2n) is 6.36. The molecule has 1 aromatic carbocycles. The van der Waals surface area contributed by atoms with Gasteiger partial charge in [-0.15, -0.1) is 0 Å². The van der Waals surface area contributed by atoms with Gasteiger partial charge in [-0.1, -0.05) is 55.5 Å². The van der Waals surface area contributed by atoms with Crippen LogP contribution in [0.15, 0.2) is 54.9 Å². The summed E-state index contributed by atoms with van der Waals surface area (Å²) >= 11 is 1.26. The van der Waals surface area contributed by atoms with Gasteiger partial charge < -0.3 is 14.6 Å². The third kappa shape index (κ3) is 4.09. The van der Waals surface area contributed by atoms with E-state index >= 15 is 0 Å². The van der Waals surface area contributed by atoms with Crippen LogP contribution >= 0.6 is 11.3 Å². The van der Waals surface area contributed by atoms with Crippen molar-refractivity contribution in [1.29, 1.82) is 0 Å². The van der Waals surface area contributed by atoms with E-state index in [-0.39, 0.29) is 23.6 Å². The summed E-state index contributed by atoms with van der Waals surface area (Å²) in [4.78, 5) is 30.0. The number of aromatic nitrogens is 2. The van der Waals surface area contributed by atoms with Crippen LogP contribution < -0.4 is 5.32 Å². The van der Waals surface area contributed by atoms with Crippen molar-refractivity contribution in [2.75, 3.05) is 12.4 Å². The number of esters is 1. The summed E-state index contributed by atoms with van der Waals surface area (Å²) in [6.07, 6.45) is 3.72. The number of nitrogens with one attached hydrogen (secondary N) is 1. The Hall–Kier alpha value is -2.93. The van der Waals surface area contributed by atoms with Gasteiger partial charge in [-0.05, 0) is 23.6 Å². The van der Waals surface area contributed by atoms with E-state index in [0.29, 0.717) is 10.0 Å². The summed E-state index contributed by atoms with van der Waals surface area (Å²) in [5.74, 6) is -0.617. The number of ether oxygens (including phenoxy) is 1. The second kappa shape index (κ2) is 8.18. The topological polar surface area (TPSA) is 73.2 Å². The molecule has 7 heteroatoms. The largest absolute Gasteiger partial charge is 0.464 e. The van der Waals surface area contributed by atoms with E-state index in [2.05, 4.69) is 10.3 Å². The van der Waals surface area contributed by atoms with Crippen LogP contribution in [0.3, 0.4) is 0 Å². The molecule has 0 aliphatic carbocycles. The molecule has 0 aliphatic rings. The number of nitrogens with zero attached hydrogens (tertiary/aromatic N) is 2. The molecule has 2 aromatic heterocycles. The standard InChI is InChI=1S/C20H21N3O3S/c1-13(2)16(23-11-7-8-12-23)18(24)22-20-21-15(19(25)26-3)17(27-20)14-9-5-4-6-10-14/h4-13,16H,1-3H3,(H,21,22,24). The number of carbonyl (C=O) groups is 2. The molecular formula is C20H21N3O3S. The zero-order valence-corrected chi connectivity index (χ0v) is 16.2. The Morgan fingerprint density at radius 1 is 1.11 bits per heavy atom. The summed E-state index contributed by atoms with van der Waals surface area (Å²) in [6, 6.07) is 12.8.